The van der Waals surface area contributed by atoms with E-state index in [9.17, 15) is 9.59 Å². The van der Waals surface area contributed by atoms with Crippen LogP contribution in [0.5, 0.6) is 0 Å². The van der Waals surface area contributed by atoms with E-state index < -0.39 is 5.97 Å². The molecule has 0 aromatic carbocycles. The smallest absolute Gasteiger partial charge is 0.320 e. The molecule has 0 saturated carbocycles. The normalized spacial score (nSPS) is 26.9. The van der Waals surface area contributed by atoms with Crippen LogP contribution in [0.2, 0.25) is 0 Å². The van der Waals surface area contributed by atoms with E-state index in [1.807, 2.05) is 0 Å². The van der Waals surface area contributed by atoms with Crippen molar-refractivity contribution >= 4 is 12.0 Å². The topological polar surface area (TPSA) is 73.3 Å². The van der Waals surface area contributed by atoms with Gasteiger partial charge in [0, 0.05) is 26.7 Å². The van der Waals surface area contributed by atoms with Gasteiger partial charge in [0.15, 0.2) is 0 Å². The average Bonchev–Trinajstić information content (AvgIpc) is 2.83. The Labute approximate surface area is 125 Å². The number of ether oxygens (including phenoxy) is 1. The Bertz CT molecular complexity index is 390. The summed E-state index contributed by atoms with van der Waals surface area (Å²) in [6, 6.07) is -0.448. The second-order valence-electron chi connectivity index (χ2n) is 6.10. The van der Waals surface area contributed by atoms with Gasteiger partial charge in [-0.2, -0.15) is 0 Å². The summed E-state index contributed by atoms with van der Waals surface area (Å²) >= 11 is 0. The maximum Gasteiger partial charge on any atom is 0.320 e. The van der Waals surface area contributed by atoms with E-state index in [4.69, 9.17) is 9.84 Å². The van der Waals surface area contributed by atoms with Crippen LogP contribution in [0.4, 0.5) is 4.79 Å². The minimum Gasteiger partial charge on any atom is -0.481 e. The van der Waals surface area contributed by atoms with Crippen molar-refractivity contribution in [3.8, 4) is 0 Å². The van der Waals surface area contributed by atoms with Crippen molar-refractivity contribution in [1.82, 2.24) is 14.7 Å². The highest BCUT2D eigenvalue weighted by atomic mass is 16.5. The Kier molecular flexibility index (Phi) is 5.41. The fourth-order valence-electron chi connectivity index (χ4n) is 3.14. The molecule has 0 radical (unpaired) electrons. The second-order valence-corrected chi connectivity index (χ2v) is 6.10. The fourth-order valence-corrected chi connectivity index (χ4v) is 3.14. The highest BCUT2D eigenvalue weighted by molar-refractivity contribution is 5.76. The van der Waals surface area contributed by atoms with E-state index in [2.05, 4.69) is 11.9 Å². The molecular weight excluding hydrogens is 274 g/mol. The van der Waals surface area contributed by atoms with E-state index in [1.165, 1.54) is 0 Å². The number of aliphatic carboxylic acids is 1. The van der Waals surface area contributed by atoms with Gasteiger partial charge >= 0.3 is 12.0 Å². The molecule has 0 spiro atoms. The molecule has 2 aliphatic heterocycles. The Balaban J connectivity index is 1.91. The van der Waals surface area contributed by atoms with Crippen molar-refractivity contribution in [2.45, 2.75) is 18.9 Å². The first-order valence-corrected chi connectivity index (χ1v) is 7.47. The molecule has 7 nitrogen and oxygen atoms in total. The molecule has 2 rings (SSSR count). The lowest BCUT2D eigenvalue weighted by atomic mass is 10.1. The maximum absolute atomic E-state index is 12.5. The minimum atomic E-state index is -0.900. The van der Waals surface area contributed by atoms with Crippen molar-refractivity contribution in [1.29, 1.82) is 0 Å². The van der Waals surface area contributed by atoms with Gasteiger partial charge < -0.3 is 24.5 Å². The van der Waals surface area contributed by atoms with E-state index >= 15 is 0 Å². The van der Waals surface area contributed by atoms with Crippen LogP contribution < -0.4 is 0 Å². The van der Waals surface area contributed by atoms with Gasteiger partial charge in [0.2, 0.25) is 0 Å². The second kappa shape index (κ2) is 7.09. The summed E-state index contributed by atoms with van der Waals surface area (Å²) in [6.07, 6.45) is 1.04. The maximum atomic E-state index is 12.5. The molecule has 2 atom stereocenters. The third-order valence-electron chi connectivity index (χ3n) is 4.23. The third kappa shape index (κ3) is 4.31. The van der Waals surface area contributed by atoms with Gasteiger partial charge in [-0.1, -0.05) is 0 Å². The largest absolute Gasteiger partial charge is 0.481 e. The zero-order valence-electron chi connectivity index (χ0n) is 12.8. The molecule has 2 heterocycles. The summed E-state index contributed by atoms with van der Waals surface area (Å²) in [5.41, 5.74) is 0. The number of hydrogen-bond acceptors (Lipinski definition) is 4. The molecule has 0 aliphatic carbocycles. The van der Waals surface area contributed by atoms with Gasteiger partial charge in [0.1, 0.15) is 0 Å². The molecule has 0 bridgehead atoms. The van der Waals surface area contributed by atoms with Crippen molar-refractivity contribution in [2.75, 3.05) is 53.5 Å². The summed E-state index contributed by atoms with van der Waals surface area (Å²) in [7, 11) is 3.89. The van der Waals surface area contributed by atoms with Crippen molar-refractivity contribution in [2.24, 2.45) is 5.92 Å². The van der Waals surface area contributed by atoms with Gasteiger partial charge in [0.25, 0.3) is 0 Å². The molecule has 2 aliphatic rings. The number of likely N-dealkylation sites (tertiary alicyclic amines) is 1. The van der Waals surface area contributed by atoms with Gasteiger partial charge in [-0.3, -0.25) is 4.79 Å². The van der Waals surface area contributed by atoms with E-state index in [1.54, 1.807) is 16.8 Å². The quantitative estimate of drug-likeness (QED) is 0.801. The fraction of sp³-hybridized carbons (Fsp3) is 0.857. The first-order chi connectivity index (χ1) is 9.97. The number of carbonyl (C=O) groups is 2. The molecular formula is C14H25N3O4. The molecule has 2 amide bonds. The summed E-state index contributed by atoms with van der Waals surface area (Å²) < 4.78 is 5.31. The number of carboxylic acids is 1. The molecule has 21 heavy (non-hydrogen) atoms. The number of rotatable bonds is 4. The Morgan fingerprint density at radius 1 is 1.38 bits per heavy atom. The Morgan fingerprint density at radius 3 is 2.76 bits per heavy atom. The van der Waals surface area contributed by atoms with Crippen LogP contribution in [0.3, 0.4) is 0 Å². The van der Waals surface area contributed by atoms with Gasteiger partial charge in [0.05, 0.1) is 25.7 Å². The highest BCUT2D eigenvalue weighted by Gasteiger charge is 2.32. The number of nitrogens with zero attached hydrogens (tertiary/aromatic N) is 3. The first-order valence-electron chi connectivity index (χ1n) is 7.47. The van der Waals surface area contributed by atoms with Gasteiger partial charge in [-0.05, 0) is 25.9 Å². The molecule has 1 N–H and O–H groups in total. The average molecular weight is 299 g/mol. The van der Waals surface area contributed by atoms with E-state index in [0.29, 0.717) is 25.7 Å². The monoisotopic (exact) mass is 299 g/mol. The van der Waals surface area contributed by atoms with Gasteiger partial charge in [-0.15, -0.1) is 0 Å². The summed E-state index contributed by atoms with van der Waals surface area (Å²) in [5, 5.41) is 8.95. The third-order valence-corrected chi connectivity index (χ3v) is 4.23. The standard InChI is InChI=1S/C14H25N3O4/c1-15-4-3-11(8-15)9-16(2)14(20)17-5-6-21-10-12(17)7-13(18)19/h11-12H,3-10H2,1-2H3,(H,18,19). The summed E-state index contributed by atoms with van der Waals surface area (Å²) in [5.74, 6) is -0.397. The SMILES string of the molecule is CN1CCC(CN(C)C(=O)N2CCOCC2CC(=O)O)C1. The number of morpholine rings is 1. The molecule has 7 heteroatoms. The number of urea groups is 1. The minimum absolute atomic E-state index is 0.0637. The zero-order valence-corrected chi connectivity index (χ0v) is 12.8. The number of amides is 2. The first kappa shape index (κ1) is 16.0. The number of carboxylic acid groups (broad SMARTS) is 1. The van der Waals surface area contributed by atoms with Crippen LogP contribution in [0.25, 0.3) is 0 Å². The van der Waals surface area contributed by atoms with Gasteiger partial charge in [-0.25, -0.2) is 4.79 Å². The Hall–Kier alpha value is -1.34. The molecule has 2 unspecified atom stereocenters. The van der Waals surface area contributed by atoms with Crippen molar-refractivity contribution < 1.29 is 19.4 Å². The lowest BCUT2D eigenvalue weighted by Crippen LogP contribution is -2.54. The molecule has 120 valence electrons. The lowest BCUT2D eigenvalue weighted by Gasteiger charge is -2.37. The van der Waals surface area contributed by atoms with Crippen LogP contribution in [0.1, 0.15) is 12.8 Å². The molecule has 2 saturated heterocycles. The molecule has 2 fully saturated rings. The lowest BCUT2D eigenvalue weighted by molar-refractivity contribution is -0.139. The summed E-state index contributed by atoms with van der Waals surface area (Å²) in [4.78, 5) is 29.1. The van der Waals surface area contributed by atoms with Crippen LogP contribution in [0, 0.1) is 5.92 Å². The predicted octanol–water partition coefficient (Wildman–Crippen LogP) is 0.165. The molecule has 0 aromatic rings. The van der Waals surface area contributed by atoms with Crippen LogP contribution >= 0.6 is 0 Å². The van der Waals surface area contributed by atoms with Crippen LogP contribution in [-0.2, 0) is 9.53 Å². The van der Waals surface area contributed by atoms with E-state index in [-0.39, 0.29) is 18.5 Å². The summed E-state index contributed by atoms with van der Waals surface area (Å²) in [6.45, 7) is 4.05. The number of hydrogen-bond donors (Lipinski definition) is 1. The predicted molar refractivity (Wildman–Crippen MR) is 77.2 cm³/mol. The van der Waals surface area contributed by atoms with E-state index in [0.717, 1.165) is 26.1 Å². The van der Waals surface area contributed by atoms with Crippen molar-refractivity contribution in [3.63, 3.8) is 0 Å². The van der Waals surface area contributed by atoms with Crippen molar-refractivity contribution in [3.05, 3.63) is 0 Å². The van der Waals surface area contributed by atoms with Crippen LogP contribution in [0.15, 0.2) is 0 Å². The van der Waals surface area contributed by atoms with Crippen LogP contribution in [-0.4, -0.2) is 91.3 Å². The number of carbonyl (C=O) groups excluding carboxylic acids is 1. The zero-order chi connectivity index (χ0) is 15.4. The highest BCUT2D eigenvalue weighted by Crippen LogP contribution is 2.18. The Morgan fingerprint density at radius 2 is 2.14 bits per heavy atom. The molecule has 0 aromatic heterocycles.